The number of nitrogens with one attached hydrogen (secondary N) is 3. The molecule has 1 saturated heterocycles. The summed E-state index contributed by atoms with van der Waals surface area (Å²) in [5, 5.41) is 10.2. The number of allylic oxidation sites excluding steroid dienone is 2. The van der Waals surface area contributed by atoms with Crippen LogP contribution in [0, 0.1) is 12.7 Å². The van der Waals surface area contributed by atoms with Crippen molar-refractivity contribution >= 4 is 22.9 Å². The van der Waals surface area contributed by atoms with Crippen molar-refractivity contribution in [1.82, 2.24) is 15.2 Å². The topological polar surface area (TPSA) is 56.6 Å². The number of aromatic nitrogens is 1. The van der Waals surface area contributed by atoms with E-state index in [0.29, 0.717) is 11.5 Å². The fraction of sp³-hybridized carbons (Fsp3) is 0.303. The van der Waals surface area contributed by atoms with Gasteiger partial charge in [0, 0.05) is 55.5 Å². The van der Waals surface area contributed by atoms with Gasteiger partial charge in [-0.15, -0.1) is 0 Å². The van der Waals surface area contributed by atoms with Gasteiger partial charge >= 0.3 is 0 Å². The van der Waals surface area contributed by atoms with E-state index in [1.165, 1.54) is 17.2 Å². The highest BCUT2D eigenvalue weighted by Gasteiger charge is 2.16. The minimum atomic E-state index is -0.228. The van der Waals surface area contributed by atoms with Crippen LogP contribution in [0.5, 0.6) is 0 Å². The second kappa shape index (κ2) is 13.3. The van der Waals surface area contributed by atoms with E-state index in [2.05, 4.69) is 72.1 Å². The fourth-order valence-corrected chi connectivity index (χ4v) is 4.85. The summed E-state index contributed by atoms with van der Waals surface area (Å²) in [5.74, 6) is 0.981. The van der Waals surface area contributed by atoms with Crippen molar-refractivity contribution in [3.63, 3.8) is 0 Å². The Labute approximate surface area is 238 Å². The maximum Gasteiger partial charge on any atom is 0.146 e. The zero-order valence-corrected chi connectivity index (χ0v) is 24.1. The molecule has 0 radical (unpaired) electrons. The van der Waals surface area contributed by atoms with Crippen LogP contribution >= 0.6 is 0 Å². The van der Waals surface area contributed by atoms with Gasteiger partial charge in [-0.3, -0.25) is 0 Å². The van der Waals surface area contributed by atoms with Crippen molar-refractivity contribution in [2.45, 2.75) is 40.2 Å². The Bertz CT molecular complexity index is 1410. The second-order valence-corrected chi connectivity index (χ2v) is 10.2. The number of halogens is 1. The quantitative estimate of drug-likeness (QED) is 0.194. The number of aryl methyl sites for hydroxylation is 1. The van der Waals surface area contributed by atoms with Crippen LogP contribution in [0.25, 0.3) is 5.70 Å². The van der Waals surface area contributed by atoms with Gasteiger partial charge in [-0.25, -0.2) is 9.38 Å². The predicted octanol–water partition coefficient (Wildman–Crippen LogP) is 6.85. The van der Waals surface area contributed by atoms with Gasteiger partial charge in [0.1, 0.15) is 17.5 Å². The van der Waals surface area contributed by atoms with Crippen molar-refractivity contribution in [3.8, 4) is 0 Å². The maximum absolute atomic E-state index is 14.6. The summed E-state index contributed by atoms with van der Waals surface area (Å²) in [6.07, 6.45) is 6.97. The third-order valence-corrected chi connectivity index (χ3v) is 7.21. The molecule has 2 aromatic carbocycles. The van der Waals surface area contributed by atoms with E-state index in [1.54, 1.807) is 6.07 Å². The Kier molecular flexibility index (Phi) is 9.61. The van der Waals surface area contributed by atoms with E-state index in [1.807, 2.05) is 49.0 Å². The summed E-state index contributed by atoms with van der Waals surface area (Å²) < 4.78 is 16.6. The molecule has 40 heavy (non-hydrogen) atoms. The van der Waals surface area contributed by atoms with Gasteiger partial charge in [0.2, 0.25) is 0 Å². The smallest absolute Gasteiger partial charge is 0.146 e. The predicted molar refractivity (Wildman–Crippen MR) is 167 cm³/mol. The van der Waals surface area contributed by atoms with Crippen molar-refractivity contribution in [3.05, 3.63) is 114 Å². The fourth-order valence-electron chi connectivity index (χ4n) is 4.85. The third kappa shape index (κ3) is 7.10. The Balaban J connectivity index is 1.51. The summed E-state index contributed by atoms with van der Waals surface area (Å²) >= 11 is 0. The largest absolute Gasteiger partial charge is 0.378 e. The number of benzene rings is 2. The molecular formula is C33H41FN6. The minimum Gasteiger partial charge on any atom is -0.378 e. The number of anilines is 2. The molecule has 1 fully saturated rings. The van der Waals surface area contributed by atoms with E-state index in [-0.39, 0.29) is 11.9 Å². The van der Waals surface area contributed by atoms with Crippen LogP contribution in [-0.2, 0) is 0 Å². The van der Waals surface area contributed by atoms with Crippen LogP contribution < -0.4 is 20.9 Å². The zero-order valence-electron chi connectivity index (χ0n) is 24.1. The van der Waals surface area contributed by atoms with Crippen LogP contribution in [0.3, 0.4) is 0 Å². The highest BCUT2D eigenvalue weighted by molar-refractivity contribution is 6.00. The Hall–Kier alpha value is -4.10. The van der Waals surface area contributed by atoms with Crippen molar-refractivity contribution in [2.75, 3.05) is 36.4 Å². The number of aliphatic imine (C=N–C) groups is 1. The highest BCUT2D eigenvalue weighted by atomic mass is 19.1. The Morgan fingerprint density at radius 3 is 2.62 bits per heavy atom. The van der Waals surface area contributed by atoms with E-state index in [9.17, 15) is 4.39 Å². The van der Waals surface area contributed by atoms with Gasteiger partial charge in [-0.1, -0.05) is 56.0 Å². The van der Waals surface area contributed by atoms with E-state index in [0.717, 1.165) is 61.0 Å². The maximum atomic E-state index is 14.6. The van der Waals surface area contributed by atoms with Gasteiger partial charge in [-0.2, -0.15) is 0 Å². The van der Waals surface area contributed by atoms with Crippen molar-refractivity contribution in [1.29, 1.82) is 0 Å². The van der Waals surface area contributed by atoms with E-state index < -0.39 is 0 Å². The molecular weight excluding hydrogens is 499 g/mol. The molecule has 0 aliphatic carbocycles. The lowest BCUT2D eigenvalue weighted by Gasteiger charge is -2.30. The molecule has 4 rings (SSSR count). The molecule has 0 amide bonds. The standard InChI is InChI=1S/C33H41FN6/c1-7-24(4)33(38-26(6)37-29-12-13-30(34)32(21-29)39-18-15-35-16-19-39)40-17-14-28(22-40)25(5)36-31(8-2)27-11-9-10-23(3)20-27/h7,9-14,17,20-22,31,35-37H,5-6,8,15-16,18-19H2,1-4H3/b24-7-,38-33+. The molecule has 1 unspecified atom stereocenters. The zero-order chi connectivity index (χ0) is 28.6. The van der Waals surface area contributed by atoms with E-state index in [4.69, 9.17) is 4.99 Å². The van der Waals surface area contributed by atoms with Crippen LogP contribution in [0.1, 0.15) is 49.9 Å². The van der Waals surface area contributed by atoms with Crippen LogP contribution in [0.4, 0.5) is 15.8 Å². The van der Waals surface area contributed by atoms with Gasteiger partial charge < -0.3 is 25.4 Å². The van der Waals surface area contributed by atoms with Crippen LogP contribution in [0.2, 0.25) is 0 Å². The van der Waals surface area contributed by atoms with Crippen molar-refractivity contribution < 1.29 is 4.39 Å². The lowest BCUT2D eigenvalue weighted by Crippen LogP contribution is -2.43. The van der Waals surface area contributed by atoms with E-state index >= 15 is 0 Å². The second-order valence-electron chi connectivity index (χ2n) is 10.2. The first kappa shape index (κ1) is 28.9. The molecule has 3 aromatic rings. The summed E-state index contributed by atoms with van der Waals surface area (Å²) in [6, 6.07) is 15.8. The Morgan fingerprint density at radius 2 is 1.93 bits per heavy atom. The molecule has 1 aliphatic heterocycles. The summed E-state index contributed by atoms with van der Waals surface area (Å²) in [7, 11) is 0. The monoisotopic (exact) mass is 540 g/mol. The molecule has 210 valence electrons. The first-order valence-electron chi connectivity index (χ1n) is 13.9. The molecule has 2 heterocycles. The van der Waals surface area contributed by atoms with Crippen LogP contribution in [0.15, 0.2) is 96.5 Å². The number of nitrogens with zero attached hydrogens (tertiary/aromatic N) is 3. The molecule has 1 aromatic heterocycles. The molecule has 1 atom stereocenters. The first-order chi connectivity index (χ1) is 19.3. The number of hydrogen-bond donors (Lipinski definition) is 3. The average molecular weight is 541 g/mol. The van der Waals surface area contributed by atoms with Gasteiger partial charge in [0.25, 0.3) is 0 Å². The SMILES string of the molecule is C=C(/N=C(\C(C)=C/C)n1ccc(C(=C)NC(CC)c2cccc(C)c2)c1)Nc1ccc(F)c(N2CCNCC2)c1. The first-order valence-corrected chi connectivity index (χ1v) is 13.9. The molecule has 0 saturated carbocycles. The van der Waals surface area contributed by atoms with Gasteiger partial charge in [0.15, 0.2) is 0 Å². The molecule has 7 heteroatoms. The number of hydrogen-bond acceptors (Lipinski definition) is 5. The molecule has 0 spiro atoms. The highest BCUT2D eigenvalue weighted by Crippen LogP contribution is 2.26. The van der Waals surface area contributed by atoms with Gasteiger partial charge in [0.05, 0.1) is 11.7 Å². The summed E-state index contributed by atoms with van der Waals surface area (Å²) in [5.41, 5.74) is 6.66. The van der Waals surface area contributed by atoms with Gasteiger partial charge in [-0.05, 0) is 62.6 Å². The lowest BCUT2D eigenvalue weighted by molar-refractivity contribution is 0.566. The van der Waals surface area contributed by atoms with Crippen LogP contribution in [-0.4, -0.2) is 36.6 Å². The third-order valence-electron chi connectivity index (χ3n) is 7.21. The molecule has 1 aliphatic rings. The molecule has 6 nitrogen and oxygen atoms in total. The number of rotatable bonds is 10. The van der Waals surface area contributed by atoms with Crippen molar-refractivity contribution in [2.24, 2.45) is 4.99 Å². The average Bonchev–Trinajstić information content (AvgIpc) is 3.46. The molecule has 3 N–H and O–H groups in total. The normalized spacial score (nSPS) is 15.1. The summed E-state index contributed by atoms with van der Waals surface area (Å²) in [6.45, 7) is 20.0. The Morgan fingerprint density at radius 1 is 1.15 bits per heavy atom. The lowest BCUT2D eigenvalue weighted by atomic mass is 10.0. The summed E-state index contributed by atoms with van der Waals surface area (Å²) in [4.78, 5) is 6.88. The number of piperazine rings is 1. The minimum absolute atomic E-state index is 0.173. The molecule has 0 bridgehead atoms.